The molecule has 0 spiro atoms. The van der Waals surface area contributed by atoms with Gasteiger partial charge in [0.05, 0.1) is 50.4 Å². The van der Waals surface area contributed by atoms with E-state index < -0.39 is 47.0 Å². The number of hydrogen-bond donors (Lipinski definition) is 3. The number of nitrogens with two attached hydrogens (primary N) is 1. The maximum Gasteiger partial charge on any atom is 0.377 e. The molecule has 4 rings (SSSR count). The second kappa shape index (κ2) is 15.4. The molecule has 0 amide bonds. The second-order valence-corrected chi connectivity index (χ2v) is 9.63. The third-order valence-electron chi connectivity index (χ3n) is 5.19. The fourth-order valence-electron chi connectivity index (χ4n) is 3.20. The Hall–Kier alpha value is -4.91. The second-order valence-electron chi connectivity index (χ2n) is 7.80. The van der Waals surface area contributed by atoms with Crippen LogP contribution in [0.25, 0.3) is 10.7 Å². The molecule has 3 aromatic rings. The molecule has 0 aromatic carbocycles. The first kappa shape index (κ1) is 32.6. The number of nitrogens with zero attached hydrogens (tertiary/aromatic N) is 2. The van der Waals surface area contributed by atoms with Crippen LogP contribution < -0.4 is 11.3 Å². The Kier molecular flexibility index (Phi) is 11.6. The van der Waals surface area contributed by atoms with E-state index >= 15 is 0 Å². The number of ether oxygens (including phenoxy) is 5. The third kappa shape index (κ3) is 8.10. The van der Waals surface area contributed by atoms with E-state index in [1.807, 2.05) is 0 Å². The van der Waals surface area contributed by atoms with E-state index in [1.165, 1.54) is 22.7 Å². The van der Waals surface area contributed by atoms with Gasteiger partial charge in [-0.2, -0.15) is 0 Å². The van der Waals surface area contributed by atoms with Crippen LogP contribution in [0, 0.1) is 0 Å². The normalized spacial score (nSPS) is 13.5. The van der Waals surface area contributed by atoms with Crippen LogP contribution in [-0.4, -0.2) is 79.6 Å². The van der Waals surface area contributed by atoms with Gasteiger partial charge in [-0.15, -0.1) is 22.7 Å². The number of carbonyl (C=O) groups excluding carboxylic acids is 4. The molecule has 1 aliphatic rings. The Balaban J connectivity index is 0.000000242. The van der Waals surface area contributed by atoms with Crippen molar-refractivity contribution in [2.45, 2.75) is 6.29 Å². The molecule has 0 radical (unpaired) electrons. The first-order valence-electron chi connectivity index (χ1n) is 11.8. The molecule has 1 fully saturated rings. The molecule has 4 heterocycles. The Morgan fingerprint density at radius 2 is 1.81 bits per heavy atom. The van der Waals surface area contributed by atoms with Gasteiger partial charge in [0.2, 0.25) is 11.5 Å². The van der Waals surface area contributed by atoms with Crippen LogP contribution in [0.3, 0.4) is 0 Å². The van der Waals surface area contributed by atoms with Crippen LogP contribution in [0.15, 0.2) is 44.7 Å². The summed E-state index contributed by atoms with van der Waals surface area (Å²) in [5.74, 6) is -3.88. The van der Waals surface area contributed by atoms with Crippen LogP contribution in [0.2, 0.25) is 0 Å². The van der Waals surface area contributed by atoms with Crippen LogP contribution in [0.4, 0.5) is 0 Å². The molecular weight excluding hydrogens is 612 g/mol. The number of aldehydes is 1. The molecule has 0 saturated carbocycles. The molecule has 4 N–H and O–H groups in total. The number of aromatic amines is 1. The van der Waals surface area contributed by atoms with E-state index in [0.29, 0.717) is 40.4 Å². The number of rotatable bonds is 9. The fourth-order valence-corrected chi connectivity index (χ4v) is 4.82. The number of aromatic nitrogens is 2. The van der Waals surface area contributed by atoms with E-state index in [4.69, 9.17) is 20.0 Å². The first-order valence-corrected chi connectivity index (χ1v) is 13.5. The van der Waals surface area contributed by atoms with Crippen LogP contribution in [-0.2, 0) is 38.1 Å². The lowest BCUT2D eigenvalue weighted by Gasteiger charge is -2.09. The summed E-state index contributed by atoms with van der Waals surface area (Å²) in [5, 5.41) is 16.6. The monoisotopic (exact) mass is 636 g/mol. The molecule has 228 valence electrons. The highest BCUT2D eigenvalue weighted by molar-refractivity contribution is 7.14. The summed E-state index contributed by atoms with van der Waals surface area (Å²) in [5.41, 5.74) is 5.55. The van der Waals surface area contributed by atoms with Gasteiger partial charge in [0.1, 0.15) is 0 Å². The van der Waals surface area contributed by atoms with E-state index in [1.54, 1.807) is 22.9 Å². The summed E-state index contributed by atoms with van der Waals surface area (Å²) in [4.78, 5) is 68.6. The van der Waals surface area contributed by atoms with Gasteiger partial charge in [-0.3, -0.25) is 9.59 Å². The smallest absolute Gasteiger partial charge is 0.377 e. The van der Waals surface area contributed by atoms with Crippen molar-refractivity contribution in [1.29, 1.82) is 0 Å². The number of esters is 3. The van der Waals surface area contributed by atoms with Gasteiger partial charge in [-0.05, 0) is 22.9 Å². The molecule has 43 heavy (non-hydrogen) atoms. The van der Waals surface area contributed by atoms with Gasteiger partial charge in [-0.1, -0.05) is 5.16 Å². The molecule has 3 aromatic heterocycles. The average Bonchev–Trinajstić information content (AvgIpc) is 3.81. The highest BCUT2D eigenvalue weighted by Crippen LogP contribution is 2.30. The number of thiophene rings is 2. The Morgan fingerprint density at radius 1 is 1.12 bits per heavy atom. The summed E-state index contributed by atoms with van der Waals surface area (Å²) >= 11 is 2.48. The van der Waals surface area contributed by atoms with Crippen molar-refractivity contribution in [2.75, 3.05) is 34.5 Å². The van der Waals surface area contributed by atoms with Gasteiger partial charge >= 0.3 is 17.9 Å². The molecule has 18 heteroatoms. The van der Waals surface area contributed by atoms with Crippen molar-refractivity contribution in [1.82, 2.24) is 9.97 Å². The lowest BCUT2D eigenvalue weighted by atomic mass is 10.2. The zero-order valence-electron chi connectivity index (χ0n) is 22.7. The topological polar surface area (TPSA) is 228 Å². The lowest BCUT2D eigenvalue weighted by Crippen LogP contribution is -2.17. The molecular formula is C25H24N4O12S2. The largest absolute Gasteiger partial charge is 0.501 e. The molecule has 0 atom stereocenters. The van der Waals surface area contributed by atoms with E-state index in [2.05, 4.69) is 29.3 Å². The van der Waals surface area contributed by atoms with E-state index in [-0.39, 0.29) is 11.7 Å². The Bertz CT molecular complexity index is 1600. The average molecular weight is 637 g/mol. The summed E-state index contributed by atoms with van der Waals surface area (Å²) in [6.45, 7) is 0.976. The van der Waals surface area contributed by atoms with Gasteiger partial charge in [-0.25, -0.2) is 19.4 Å². The molecule has 0 unspecified atom stereocenters. The standard InChI is InChI=1S/C14H16N2O7S.C11H8N2O5S/c1-19-10(17)7-9(13(18)20-2)23-16-12(15)11-8(3-6-24-11)14-21-4-5-22-14;1-18-11(17)6-7(15)10(16)13-9(12-6)8-5(4-14)2-3-19-8/h3,6-7,14H,4-5H2,1-2H3,(H2,15,16);2-4,15H,1H3,(H,12,13,16). The highest BCUT2D eigenvalue weighted by atomic mass is 32.1. The quantitative estimate of drug-likeness (QED) is 0.0442. The number of aromatic hydroxyl groups is 1. The number of carbonyl (C=O) groups is 4. The van der Waals surface area contributed by atoms with Crippen molar-refractivity contribution in [3.63, 3.8) is 0 Å². The minimum atomic E-state index is -0.936. The third-order valence-corrected chi connectivity index (χ3v) is 7.08. The molecule has 16 nitrogen and oxygen atoms in total. The number of hydrogen-bond acceptors (Lipinski definition) is 16. The molecule has 1 aliphatic heterocycles. The highest BCUT2D eigenvalue weighted by Gasteiger charge is 2.24. The van der Waals surface area contributed by atoms with Crippen molar-refractivity contribution >= 4 is 52.7 Å². The van der Waals surface area contributed by atoms with Gasteiger partial charge in [0, 0.05) is 11.1 Å². The summed E-state index contributed by atoms with van der Waals surface area (Å²) < 4.78 is 24.2. The lowest BCUT2D eigenvalue weighted by molar-refractivity contribution is -0.142. The maximum absolute atomic E-state index is 11.6. The van der Waals surface area contributed by atoms with Gasteiger partial charge in [0.15, 0.2) is 29.9 Å². The summed E-state index contributed by atoms with van der Waals surface area (Å²) in [7, 11) is 3.40. The molecule has 1 saturated heterocycles. The maximum atomic E-state index is 11.6. The SMILES string of the molecule is COC(=O)C=C(O/N=C(\N)c1sccc1C1OCCO1)C(=O)OC.COC(=O)c1nc(-c2sccc2C=O)[nH]c(=O)c1O. The van der Waals surface area contributed by atoms with Crippen LogP contribution >= 0.6 is 22.7 Å². The van der Waals surface area contributed by atoms with Gasteiger partial charge < -0.3 is 44.3 Å². The van der Waals surface area contributed by atoms with E-state index in [9.17, 15) is 29.1 Å². The number of methoxy groups -OCH3 is 3. The predicted octanol–water partition coefficient (Wildman–Crippen LogP) is 1.46. The minimum Gasteiger partial charge on any atom is -0.501 e. The Labute approximate surface area is 250 Å². The minimum absolute atomic E-state index is 0.00114. The Morgan fingerprint density at radius 3 is 2.44 bits per heavy atom. The predicted molar refractivity (Wildman–Crippen MR) is 149 cm³/mol. The fraction of sp³-hybridized carbons (Fsp3) is 0.240. The van der Waals surface area contributed by atoms with Crippen molar-refractivity contribution in [3.05, 3.63) is 66.8 Å². The van der Waals surface area contributed by atoms with Gasteiger partial charge in [0.25, 0.3) is 5.56 Å². The number of H-pyrrole nitrogens is 1. The summed E-state index contributed by atoms with van der Waals surface area (Å²) in [6, 6.07) is 3.35. The number of amidine groups is 1. The zero-order valence-corrected chi connectivity index (χ0v) is 24.3. The number of oxime groups is 1. The van der Waals surface area contributed by atoms with Crippen LogP contribution in [0.1, 0.15) is 37.6 Å². The number of nitrogens with one attached hydrogen (secondary N) is 1. The summed E-state index contributed by atoms with van der Waals surface area (Å²) in [6.07, 6.45) is 0.892. The zero-order chi connectivity index (χ0) is 31.5. The van der Waals surface area contributed by atoms with E-state index in [0.717, 1.165) is 27.4 Å². The van der Waals surface area contributed by atoms with Crippen LogP contribution in [0.5, 0.6) is 5.75 Å². The van der Waals surface area contributed by atoms with Crippen molar-refractivity contribution in [3.8, 4) is 16.5 Å². The van der Waals surface area contributed by atoms with Crippen molar-refractivity contribution < 1.29 is 52.8 Å². The molecule has 0 bridgehead atoms. The molecule has 0 aliphatic carbocycles. The van der Waals surface area contributed by atoms with Crippen molar-refractivity contribution in [2.24, 2.45) is 10.9 Å². The first-order chi connectivity index (χ1) is 20.6.